The van der Waals surface area contributed by atoms with Gasteiger partial charge >= 0.3 is 6.03 Å². The Hall–Kier alpha value is -2.93. The zero-order valence-electron chi connectivity index (χ0n) is 17.7. The van der Waals surface area contributed by atoms with Gasteiger partial charge in [0.2, 0.25) is 0 Å². The topological polar surface area (TPSA) is 66.1 Å². The number of anilines is 2. The molecule has 2 amide bonds. The van der Waals surface area contributed by atoms with Crippen LogP contribution < -0.4 is 25.0 Å². The first-order valence-corrected chi connectivity index (χ1v) is 10.6. The van der Waals surface area contributed by atoms with Crippen molar-refractivity contribution in [2.75, 3.05) is 56.1 Å². The zero-order valence-corrected chi connectivity index (χ0v) is 17.7. The van der Waals surface area contributed by atoms with Gasteiger partial charge in [-0.2, -0.15) is 0 Å². The largest absolute Gasteiger partial charge is 0.486 e. The number of amides is 2. The van der Waals surface area contributed by atoms with Crippen LogP contribution in [-0.2, 0) is 0 Å². The van der Waals surface area contributed by atoms with Crippen molar-refractivity contribution < 1.29 is 14.3 Å². The molecular formula is C23H30N4O3. The van der Waals surface area contributed by atoms with E-state index in [0.717, 1.165) is 44.2 Å². The minimum absolute atomic E-state index is 0.212. The number of nitrogens with one attached hydrogen (secondary N) is 2. The van der Waals surface area contributed by atoms with E-state index in [2.05, 4.69) is 40.3 Å². The second kappa shape index (κ2) is 9.26. The third kappa shape index (κ3) is 4.79. The van der Waals surface area contributed by atoms with Crippen LogP contribution >= 0.6 is 0 Å². The molecule has 160 valence electrons. The zero-order chi connectivity index (χ0) is 20.9. The number of nitrogens with zero attached hydrogens (tertiary/aromatic N) is 2. The number of hydrogen-bond donors (Lipinski definition) is 2. The maximum Gasteiger partial charge on any atom is 0.319 e. The molecule has 2 aliphatic rings. The van der Waals surface area contributed by atoms with Gasteiger partial charge in [0, 0.05) is 37.6 Å². The van der Waals surface area contributed by atoms with E-state index in [9.17, 15) is 4.79 Å². The number of para-hydroxylation sites is 2. The summed E-state index contributed by atoms with van der Waals surface area (Å²) in [6, 6.07) is 13.4. The van der Waals surface area contributed by atoms with Gasteiger partial charge in [0.05, 0.1) is 6.54 Å². The van der Waals surface area contributed by atoms with Crippen LogP contribution in [0.15, 0.2) is 42.5 Å². The van der Waals surface area contributed by atoms with Crippen LogP contribution in [0.3, 0.4) is 0 Å². The summed E-state index contributed by atoms with van der Waals surface area (Å²) in [5, 5.41) is 5.78. The Morgan fingerprint density at radius 1 is 1.10 bits per heavy atom. The van der Waals surface area contributed by atoms with Crippen molar-refractivity contribution in [1.29, 1.82) is 0 Å². The summed E-state index contributed by atoms with van der Waals surface area (Å²) in [5.41, 5.74) is 3.19. The maximum atomic E-state index is 12.3. The third-order valence-electron chi connectivity index (χ3n) is 5.67. The molecule has 30 heavy (non-hydrogen) atoms. The number of urea groups is 1. The number of rotatable bonds is 5. The molecule has 0 radical (unpaired) electrons. The summed E-state index contributed by atoms with van der Waals surface area (Å²) in [7, 11) is 0. The molecule has 0 unspecified atom stereocenters. The molecule has 0 spiro atoms. The van der Waals surface area contributed by atoms with Gasteiger partial charge in [-0.05, 0) is 49.4 Å². The van der Waals surface area contributed by atoms with E-state index in [4.69, 9.17) is 9.47 Å². The van der Waals surface area contributed by atoms with Gasteiger partial charge < -0.3 is 29.9 Å². The number of ether oxygens (including phenoxy) is 2. The van der Waals surface area contributed by atoms with Crippen molar-refractivity contribution in [3.63, 3.8) is 0 Å². The van der Waals surface area contributed by atoms with Crippen molar-refractivity contribution >= 4 is 17.4 Å². The maximum absolute atomic E-state index is 12.3. The number of likely N-dealkylation sites (N-methyl/N-ethyl adjacent to an activating group) is 1. The lowest BCUT2D eigenvalue weighted by Crippen LogP contribution is -2.46. The number of aryl methyl sites for hydroxylation is 1. The molecule has 2 aromatic rings. The number of carbonyl (C=O) groups excluding carboxylic acids is 1. The van der Waals surface area contributed by atoms with Crippen LogP contribution in [-0.4, -0.2) is 62.9 Å². The van der Waals surface area contributed by atoms with Gasteiger partial charge in [-0.15, -0.1) is 0 Å². The molecule has 1 fully saturated rings. The molecule has 2 heterocycles. The fourth-order valence-electron chi connectivity index (χ4n) is 3.94. The summed E-state index contributed by atoms with van der Waals surface area (Å²) < 4.78 is 11.6. The fourth-order valence-corrected chi connectivity index (χ4v) is 3.94. The SMILES string of the molecule is CCN1CCN(c2ccc(NC(=O)NC[C@@H]3COc4ccccc4O3)cc2C)CC1. The Bertz CT molecular complexity index is 881. The lowest BCUT2D eigenvalue weighted by atomic mass is 10.1. The van der Waals surface area contributed by atoms with Crippen LogP contribution in [0, 0.1) is 6.92 Å². The molecule has 0 aromatic heterocycles. The molecule has 0 bridgehead atoms. The van der Waals surface area contributed by atoms with E-state index < -0.39 is 0 Å². The number of piperazine rings is 1. The quantitative estimate of drug-likeness (QED) is 0.793. The number of hydrogen-bond acceptors (Lipinski definition) is 5. The van der Waals surface area contributed by atoms with E-state index in [-0.39, 0.29) is 12.1 Å². The molecule has 2 aromatic carbocycles. The summed E-state index contributed by atoms with van der Waals surface area (Å²) >= 11 is 0. The van der Waals surface area contributed by atoms with Crippen molar-refractivity contribution in [2.24, 2.45) is 0 Å². The van der Waals surface area contributed by atoms with E-state index in [0.29, 0.717) is 18.9 Å². The van der Waals surface area contributed by atoms with E-state index in [1.165, 1.54) is 11.3 Å². The molecule has 0 aliphatic carbocycles. The molecule has 0 saturated carbocycles. The van der Waals surface area contributed by atoms with Gasteiger partial charge in [-0.25, -0.2) is 4.79 Å². The van der Waals surface area contributed by atoms with Crippen molar-refractivity contribution in [1.82, 2.24) is 10.2 Å². The van der Waals surface area contributed by atoms with E-state index in [1.807, 2.05) is 36.4 Å². The van der Waals surface area contributed by atoms with Gasteiger partial charge in [0.25, 0.3) is 0 Å². The Kier molecular flexibility index (Phi) is 6.28. The highest BCUT2D eigenvalue weighted by atomic mass is 16.6. The van der Waals surface area contributed by atoms with Crippen LogP contribution in [0.25, 0.3) is 0 Å². The van der Waals surface area contributed by atoms with Crippen molar-refractivity contribution in [3.8, 4) is 11.5 Å². The molecule has 1 saturated heterocycles. The highest BCUT2D eigenvalue weighted by Gasteiger charge is 2.21. The number of benzene rings is 2. The predicted molar refractivity (Wildman–Crippen MR) is 119 cm³/mol. The van der Waals surface area contributed by atoms with E-state index in [1.54, 1.807) is 0 Å². The molecule has 4 rings (SSSR count). The molecule has 7 nitrogen and oxygen atoms in total. The second-order valence-electron chi connectivity index (χ2n) is 7.76. The minimum atomic E-state index is -0.249. The summed E-state index contributed by atoms with van der Waals surface area (Å²) in [6.07, 6.45) is -0.212. The first kappa shape index (κ1) is 20.3. The van der Waals surface area contributed by atoms with Crippen LogP contribution in [0.4, 0.5) is 16.2 Å². The fraction of sp³-hybridized carbons (Fsp3) is 0.435. The average Bonchev–Trinajstić information content (AvgIpc) is 2.78. The molecular weight excluding hydrogens is 380 g/mol. The Labute approximate surface area is 177 Å². The normalized spacial score (nSPS) is 18.7. The lowest BCUT2D eigenvalue weighted by molar-refractivity contribution is 0.0922. The van der Waals surface area contributed by atoms with E-state index >= 15 is 0 Å². The molecule has 1 atom stereocenters. The lowest BCUT2D eigenvalue weighted by Gasteiger charge is -2.36. The minimum Gasteiger partial charge on any atom is -0.486 e. The Balaban J connectivity index is 1.27. The summed E-state index contributed by atoms with van der Waals surface area (Å²) in [4.78, 5) is 17.2. The molecule has 2 aliphatic heterocycles. The van der Waals surface area contributed by atoms with Gasteiger partial charge in [0.15, 0.2) is 17.6 Å². The summed E-state index contributed by atoms with van der Waals surface area (Å²) in [5.74, 6) is 1.45. The number of fused-ring (bicyclic) bond motifs is 1. The third-order valence-corrected chi connectivity index (χ3v) is 5.67. The summed E-state index contributed by atoms with van der Waals surface area (Å²) in [6.45, 7) is 10.5. The predicted octanol–water partition coefficient (Wildman–Crippen LogP) is 3.10. The van der Waals surface area contributed by atoms with Crippen LogP contribution in [0.1, 0.15) is 12.5 Å². The molecule has 7 heteroatoms. The standard InChI is InChI=1S/C23H30N4O3/c1-3-26-10-12-27(13-11-26)20-9-8-18(14-17(20)2)25-23(28)24-15-19-16-29-21-6-4-5-7-22(21)30-19/h4-9,14,19H,3,10-13,15-16H2,1-2H3,(H2,24,25,28)/t19-/m1/s1. The Morgan fingerprint density at radius 3 is 2.60 bits per heavy atom. The first-order chi connectivity index (χ1) is 14.6. The van der Waals surface area contributed by atoms with Gasteiger partial charge in [-0.1, -0.05) is 19.1 Å². The highest BCUT2D eigenvalue weighted by Crippen LogP contribution is 2.30. The Morgan fingerprint density at radius 2 is 1.87 bits per heavy atom. The van der Waals surface area contributed by atoms with Crippen molar-refractivity contribution in [2.45, 2.75) is 20.0 Å². The van der Waals surface area contributed by atoms with Crippen molar-refractivity contribution in [3.05, 3.63) is 48.0 Å². The second-order valence-corrected chi connectivity index (χ2v) is 7.76. The smallest absolute Gasteiger partial charge is 0.319 e. The average molecular weight is 411 g/mol. The van der Waals surface area contributed by atoms with Gasteiger partial charge in [-0.3, -0.25) is 0 Å². The van der Waals surface area contributed by atoms with Crippen LogP contribution in [0.2, 0.25) is 0 Å². The highest BCUT2D eigenvalue weighted by molar-refractivity contribution is 5.89. The first-order valence-electron chi connectivity index (χ1n) is 10.6. The number of carbonyl (C=O) groups is 1. The van der Waals surface area contributed by atoms with Crippen LogP contribution in [0.5, 0.6) is 11.5 Å². The molecule has 2 N–H and O–H groups in total. The van der Waals surface area contributed by atoms with Gasteiger partial charge in [0.1, 0.15) is 6.61 Å². The monoisotopic (exact) mass is 410 g/mol.